The third kappa shape index (κ3) is 3.83. The molecule has 0 aliphatic rings. The molecular weight excluding hydrogens is 322 g/mol. The molecule has 0 spiro atoms. The number of benzene rings is 1. The number of carbonyl (C=O) groups is 2. The molecule has 0 aliphatic heterocycles. The summed E-state index contributed by atoms with van der Waals surface area (Å²) < 4.78 is 10.6. The van der Waals surface area contributed by atoms with Gasteiger partial charge in [0.25, 0.3) is 5.91 Å². The van der Waals surface area contributed by atoms with E-state index < -0.39 is 17.4 Å². The molecule has 0 aliphatic carbocycles. The van der Waals surface area contributed by atoms with Crippen LogP contribution >= 0.6 is 11.6 Å². The summed E-state index contributed by atoms with van der Waals surface area (Å²) in [6.07, 6.45) is -0.266. The highest BCUT2D eigenvalue weighted by Gasteiger charge is 2.31. The van der Waals surface area contributed by atoms with Gasteiger partial charge in [0.1, 0.15) is 5.58 Å². The van der Waals surface area contributed by atoms with Crippen LogP contribution in [0.3, 0.4) is 0 Å². The second-order valence-electron chi connectivity index (χ2n) is 5.71. The van der Waals surface area contributed by atoms with Crippen molar-refractivity contribution in [3.8, 4) is 0 Å². The van der Waals surface area contributed by atoms with Gasteiger partial charge in [-0.1, -0.05) is 11.6 Å². The van der Waals surface area contributed by atoms with Gasteiger partial charge in [0.2, 0.25) is 0 Å². The molecule has 2 N–H and O–H groups in total. The van der Waals surface area contributed by atoms with E-state index in [0.29, 0.717) is 16.2 Å². The van der Waals surface area contributed by atoms with Crippen LogP contribution in [0.15, 0.2) is 22.6 Å². The number of carbonyl (C=O) groups excluding carboxylic acids is 1. The van der Waals surface area contributed by atoms with Crippen molar-refractivity contribution < 1.29 is 23.8 Å². The van der Waals surface area contributed by atoms with Crippen molar-refractivity contribution in [1.82, 2.24) is 5.32 Å². The number of carboxylic acid groups (broad SMARTS) is 1. The second-order valence-corrected chi connectivity index (χ2v) is 6.15. The minimum Gasteiger partial charge on any atom is -0.481 e. The Balaban J connectivity index is 2.32. The molecule has 0 saturated carbocycles. The number of aryl methyl sites for hydroxylation is 1. The Bertz CT molecular complexity index is 754. The molecule has 124 valence electrons. The van der Waals surface area contributed by atoms with Crippen LogP contribution in [0.1, 0.15) is 29.5 Å². The Morgan fingerprint density at radius 1 is 1.43 bits per heavy atom. The zero-order valence-electron chi connectivity index (χ0n) is 13.1. The Labute approximate surface area is 138 Å². The third-order valence-corrected chi connectivity index (χ3v) is 3.76. The molecule has 0 radical (unpaired) electrons. The quantitative estimate of drug-likeness (QED) is 0.844. The molecule has 0 bridgehead atoms. The van der Waals surface area contributed by atoms with Crippen LogP contribution in [0.4, 0.5) is 0 Å². The first-order chi connectivity index (χ1) is 10.8. The van der Waals surface area contributed by atoms with Gasteiger partial charge < -0.3 is 19.6 Å². The van der Waals surface area contributed by atoms with Crippen molar-refractivity contribution in [2.45, 2.75) is 25.8 Å². The topological polar surface area (TPSA) is 88.8 Å². The number of aliphatic carboxylic acids is 1. The molecule has 2 aromatic rings. The van der Waals surface area contributed by atoms with Crippen molar-refractivity contribution in [3.05, 3.63) is 34.5 Å². The van der Waals surface area contributed by atoms with E-state index in [0.717, 1.165) is 5.39 Å². The van der Waals surface area contributed by atoms with Gasteiger partial charge in [0, 0.05) is 23.1 Å². The fourth-order valence-electron chi connectivity index (χ4n) is 2.52. The summed E-state index contributed by atoms with van der Waals surface area (Å²) in [5, 5.41) is 13.0. The maximum absolute atomic E-state index is 12.5. The summed E-state index contributed by atoms with van der Waals surface area (Å²) >= 11 is 5.96. The van der Waals surface area contributed by atoms with Gasteiger partial charge in [-0.2, -0.15) is 0 Å². The van der Waals surface area contributed by atoms with E-state index in [1.807, 2.05) is 0 Å². The van der Waals surface area contributed by atoms with E-state index in [1.54, 1.807) is 32.0 Å². The average molecular weight is 340 g/mol. The molecule has 1 unspecified atom stereocenters. The van der Waals surface area contributed by atoms with E-state index in [-0.39, 0.29) is 18.8 Å². The van der Waals surface area contributed by atoms with Crippen LogP contribution in [-0.4, -0.2) is 36.2 Å². The lowest BCUT2D eigenvalue weighted by atomic mass is 9.98. The smallest absolute Gasteiger partial charge is 0.305 e. The Morgan fingerprint density at radius 2 is 2.13 bits per heavy atom. The highest BCUT2D eigenvalue weighted by molar-refractivity contribution is 6.31. The predicted molar refractivity (Wildman–Crippen MR) is 86.0 cm³/mol. The maximum Gasteiger partial charge on any atom is 0.305 e. The molecule has 0 saturated heterocycles. The molecule has 23 heavy (non-hydrogen) atoms. The monoisotopic (exact) mass is 339 g/mol. The number of amides is 1. The Hall–Kier alpha value is -2.05. The molecule has 1 aromatic carbocycles. The standard InChI is InChI=1S/C16H18ClNO5/c1-9-11-6-10(17)4-5-12(11)23-14(9)15(21)18-16(2,8-22-3)7-13(19)20/h4-6H,7-8H2,1-3H3,(H,18,21)(H,19,20). The molecule has 1 heterocycles. The molecular formula is C16H18ClNO5. The summed E-state index contributed by atoms with van der Waals surface area (Å²) in [5.74, 6) is -1.39. The molecule has 6 nitrogen and oxygen atoms in total. The molecule has 2 rings (SSSR count). The van der Waals surface area contributed by atoms with E-state index >= 15 is 0 Å². The molecule has 1 amide bonds. The lowest BCUT2D eigenvalue weighted by Gasteiger charge is -2.28. The number of halogens is 1. The van der Waals surface area contributed by atoms with Gasteiger partial charge >= 0.3 is 5.97 Å². The van der Waals surface area contributed by atoms with Crippen LogP contribution in [0.5, 0.6) is 0 Å². The summed E-state index contributed by atoms with van der Waals surface area (Å²) in [4.78, 5) is 23.5. The van der Waals surface area contributed by atoms with Crippen LogP contribution < -0.4 is 5.32 Å². The summed E-state index contributed by atoms with van der Waals surface area (Å²) in [6, 6.07) is 5.08. The summed E-state index contributed by atoms with van der Waals surface area (Å²) in [5.41, 5.74) is 0.152. The number of ether oxygens (including phenoxy) is 1. The first-order valence-corrected chi connectivity index (χ1v) is 7.35. The minimum absolute atomic E-state index is 0.0656. The summed E-state index contributed by atoms with van der Waals surface area (Å²) in [7, 11) is 1.45. The summed E-state index contributed by atoms with van der Waals surface area (Å²) in [6.45, 7) is 3.43. The van der Waals surface area contributed by atoms with Crippen LogP contribution in [0.2, 0.25) is 5.02 Å². The normalized spacial score (nSPS) is 13.7. The van der Waals surface area contributed by atoms with Crippen LogP contribution in [0, 0.1) is 6.92 Å². The zero-order chi connectivity index (χ0) is 17.2. The zero-order valence-corrected chi connectivity index (χ0v) is 13.9. The van der Waals surface area contributed by atoms with E-state index in [1.165, 1.54) is 7.11 Å². The Morgan fingerprint density at radius 3 is 2.74 bits per heavy atom. The number of methoxy groups -OCH3 is 1. The lowest BCUT2D eigenvalue weighted by molar-refractivity contribution is -0.139. The largest absolute Gasteiger partial charge is 0.481 e. The van der Waals surface area contributed by atoms with E-state index in [4.69, 9.17) is 25.9 Å². The first kappa shape index (κ1) is 17.3. The van der Waals surface area contributed by atoms with Crippen molar-refractivity contribution >= 4 is 34.4 Å². The third-order valence-electron chi connectivity index (χ3n) is 3.52. The van der Waals surface area contributed by atoms with Crippen molar-refractivity contribution in [1.29, 1.82) is 0 Å². The lowest BCUT2D eigenvalue weighted by Crippen LogP contribution is -2.50. The van der Waals surface area contributed by atoms with E-state index in [9.17, 15) is 9.59 Å². The van der Waals surface area contributed by atoms with Crippen molar-refractivity contribution in [2.24, 2.45) is 0 Å². The van der Waals surface area contributed by atoms with Gasteiger partial charge in [-0.15, -0.1) is 0 Å². The molecule has 7 heteroatoms. The number of carboxylic acids is 1. The maximum atomic E-state index is 12.5. The van der Waals surface area contributed by atoms with Gasteiger partial charge in [-0.3, -0.25) is 9.59 Å². The minimum atomic E-state index is -1.04. The van der Waals surface area contributed by atoms with Gasteiger partial charge in [-0.25, -0.2) is 0 Å². The van der Waals surface area contributed by atoms with E-state index in [2.05, 4.69) is 5.32 Å². The SMILES string of the molecule is COCC(C)(CC(=O)O)NC(=O)c1oc2ccc(Cl)cc2c1C. The molecule has 1 atom stereocenters. The average Bonchev–Trinajstić information content (AvgIpc) is 2.75. The number of fused-ring (bicyclic) bond motifs is 1. The predicted octanol–water partition coefficient (Wildman–Crippen LogP) is 3.00. The van der Waals surface area contributed by atoms with Gasteiger partial charge in [0.15, 0.2) is 5.76 Å². The van der Waals surface area contributed by atoms with Gasteiger partial charge in [0.05, 0.1) is 18.6 Å². The van der Waals surface area contributed by atoms with Crippen LogP contribution in [-0.2, 0) is 9.53 Å². The number of furan rings is 1. The molecule has 0 fully saturated rings. The first-order valence-electron chi connectivity index (χ1n) is 6.97. The number of rotatable bonds is 6. The molecule has 1 aromatic heterocycles. The number of hydrogen-bond acceptors (Lipinski definition) is 4. The van der Waals surface area contributed by atoms with Crippen molar-refractivity contribution in [2.75, 3.05) is 13.7 Å². The Kier molecular flexibility index (Phi) is 4.97. The second kappa shape index (κ2) is 6.60. The fourth-order valence-corrected chi connectivity index (χ4v) is 2.70. The number of hydrogen-bond donors (Lipinski definition) is 2. The van der Waals surface area contributed by atoms with Gasteiger partial charge in [-0.05, 0) is 32.0 Å². The van der Waals surface area contributed by atoms with Crippen LogP contribution in [0.25, 0.3) is 11.0 Å². The highest BCUT2D eigenvalue weighted by Crippen LogP contribution is 2.28. The highest BCUT2D eigenvalue weighted by atomic mass is 35.5. The van der Waals surface area contributed by atoms with Crippen molar-refractivity contribution in [3.63, 3.8) is 0 Å². The number of nitrogens with one attached hydrogen (secondary N) is 1. The fraction of sp³-hybridized carbons (Fsp3) is 0.375.